The van der Waals surface area contributed by atoms with Gasteiger partial charge in [0.25, 0.3) is 0 Å². The second-order valence-corrected chi connectivity index (χ2v) is 9.18. The highest BCUT2D eigenvalue weighted by molar-refractivity contribution is 5.28. The summed E-state index contributed by atoms with van der Waals surface area (Å²) in [5.74, 6) is 2.22. The average molecular weight is 303 g/mol. The molecule has 22 heavy (non-hydrogen) atoms. The third-order valence-electron chi connectivity index (χ3n) is 8.18. The molecule has 0 aromatic heterocycles. The van der Waals surface area contributed by atoms with E-state index in [1.54, 1.807) is 0 Å². The third-order valence-corrected chi connectivity index (χ3v) is 8.18. The molecule has 4 rings (SSSR count). The number of nitrogens with one attached hydrogen (secondary N) is 1. The first kappa shape index (κ1) is 15.2. The van der Waals surface area contributed by atoms with Crippen molar-refractivity contribution in [3.8, 4) is 0 Å². The normalized spacial score (nSPS) is 53.2. The van der Waals surface area contributed by atoms with Crippen molar-refractivity contribution in [1.29, 1.82) is 0 Å². The van der Waals surface area contributed by atoms with Crippen LogP contribution in [0.5, 0.6) is 0 Å². The highest BCUT2D eigenvalue weighted by atomic mass is 16.3. The SMILES string of the molecule is C[C@]12CC[C@]([NH])(N)C=C1CCC1C2CC[C@@]2(C)C1CC[C@@H]2O. The second-order valence-electron chi connectivity index (χ2n) is 9.18. The molecule has 3 nitrogen and oxygen atoms in total. The maximum atomic E-state index is 10.5. The monoisotopic (exact) mass is 303 g/mol. The van der Waals surface area contributed by atoms with Gasteiger partial charge in [0.05, 0.1) is 11.8 Å². The predicted octanol–water partition coefficient (Wildman–Crippen LogP) is 3.25. The van der Waals surface area contributed by atoms with Crippen LogP contribution in [0.3, 0.4) is 0 Å². The molecule has 1 radical (unpaired) electrons. The van der Waals surface area contributed by atoms with Crippen molar-refractivity contribution in [3.63, 3.8) is 0 Å². The van der Waals surface area contributed by atoms with Crippen LogP contribution < -0.4 is 11.5 Å². The van der Waals surface area contributed by atoms with Crippen LogP contribution in [0.2, 0.25) is 0 Å². The van der Waals surface area contributed by atoms with E-state index in [0.717, 1.165) is 37.5 Å². The largest absolute Gasteiger partial charge is 0.393 e. The molecule has 0 heterocycles. The zero-order chi connectivity index (χ0) is 15.8. The van der Waals surface area contributed by atoms with E-state index in [1.807, 2.05) is 0 Å². The van der Waals surface area contributed by atoms with Crippen molar-refractivity contribution in [1.82, 2.24) is 5.73 Å². The van der Waals surface area contributed by atoms with Gasteiger partial charge in [0, 0.05) is 0 Å². The van der Waals surface area contributed by atoms with Gasteiger partial charge in [0.2, 0.25) is 0 Å². The number of allylic oxidation sites excluding steroid dienone is 1. The van der Waals surface area contributed by atoms with Crippen molar-refractivity contribution in [2.75, 3.05) is 0 Å². The summed E-state index contributed by atoms with van der Waals surface area (Å²) in [7, 11) is 0. The minimum atomic E-state index is -0.839. The maximum Gasteiger partial charge on any atom is 0.0984 e. The van der Waals surface area contributed by atoms with Gasteiger partial charge >= 0.3 is 0 Å². The fourth-order valence-electron chi connectivity index (χ4n) is 6.73. The number of aliphatic hydroxyl groups is 1. The van der Waals surface area contributed by atoms with E-state index in [1.165, 1.54) is 31.3 Å². The van der Waals surface area contributed by atoms with Crippen molar-refractivity contribution >= 4 is 0 Å². The molecule has 4 aliphatic rings. The molecule has 0 saturated heterocycles. The quantitative estimate of drug-likeness (QED) is 0.674. The van der Waals surface area contributed by atoms with Gasteiger partial charge in [-0.3, -0.25) is 0 Å². The van der Waals surface area contributed by atoms with E-state index < -0.39 is 5.66 Å². The lowest BCUT2D eigenvalue weighted by Gasteiger charge is -2.58. The Morgan fingerprint density at radius 2 is 1.86 bits per heavy atom. The lowest BCUT2D eigenvalue weighted by Crippen LogP contribution is -2.54. The van der Waals surface area contributed by atoms with Gasteiger partial charge in [-0.1, -0.05) is 19.4 Å². The molecule has 0 amide bonds. The van der Waals surface area contributed by atoms with Crippen molar-refractivity contribution in [2.24, 2.45) is 34.3 Å². The molecule has 0 aromatic carbocycles. The molecule has 0 spiro atoms. The Kier molecular flexibility index (Phi) is 3.16. The van der Waals surface area contributed by atoms with Crippen molar-refractivity contribution < 1.29 is 5.11 Å². The molecule has 0 aromatic rings. The summed E-state index contributed by atoms with van der Waals surface area (Å²) in [5, 5.41) is 10.5. The van der Waals surface area contributed by atoms with Crippen LogP contribution >= 0.6 is 0 Å². The second kappa shape index (κ2) is 4.58. The summed E-state index contributed by atoms with van der Waals surface area (Å²) in [4.78, 5) is 0. The summed E-state index contributed by atoms with van der Waals surface area (Å²) in [6.45, 7) is 4.79. The zero-order valence-corrected chi connectivity index (χ0v) is 14.1. The van der Waals surface area contributed by atoms with Crippen LogP contribution in [0.25, 0.3) is 0 Å². The summed E-state index contributed by atoms with van der Waals surface area (Å²) >= 11 is 0. The molecular weight excluding hydrogens is 272 g/mol. The first-order chi connectivity index (χ1) is 10.3. The molecule has 4 N–H and O–H groups in total. The zero-order valence-electron chi connectivity index (χ0n) is 14.1. The molecule has 7 atom stereocenters. The number of hydrogen-bond acceptors (Lipinski definition) is 2. The highest BCUT2D eigenvalue weighted by Gasteiger charge is 2.59. The van der Waals surface area contributed by atoms with Gasteiger partial charge in [-0.05, 0) is 86.0 Å². The van der Waals surface area contributed by atoms with Crippen molar-refractivity contribution in [2.45, 2.75) is 77.0 Å². The van der Waals surface area contributed by atoms with Crippen LogP contribution in [0.4, 0.5) is 0 Å². The lowest BCUT2D eigenvalue weighted by atomic mass is 9.47. The summed E-state index contributed by atoms with van der Waals surface area (Å²) < 4.78 is 0. The van der Waals surface area contributed by atoms with E-state index in [2.05, 4.69) is 19.9 Å². The average Bonchev–Trinajstić information content (AvgIpc) is 2.76. The molecule has 3 heteroatoms. The standard InChI is InChI=1S/C19H31N2O/c1-17-9-10-19(20,21)11-12(17)3-4-13-14-5-6-16(22)18(14,2)8-7-15(13)17/h11,13-16,20,22H,3-10,21H2,1-2H3/t13?,14?,15?,16-,17-,18-,19-/m0/s1. The van der Waals surface area contributed by atoms with Crippen LogP contribution in [0.15, 0.2) is 11.6 Å². The van der Waals surface area contributed by atoms with Gasteiger partial charge in [-0.15, -0.1) is 0 Å². The Labute approximate surface area is 134 Å². The fourth-order valence-corrected chi connectivity index (χ4v) is 6.73. The summed E-state index contributed by atoms with van der Waals surface area (Å²) in [5.41, 5.74) is 15.4. The molecular formula is C19H31N2O. The first-order valence-electron chi connectivity index (χ1n) is 9.20. The Morgan fingerprint density at radius 1 is 1.09 bits per heavy atom. The molecule has 3 unspecified atom stereocenters. The van der Waals surface area contributed by atoms with Gasteiger partial charge in [-0.2, -0.15) is 0 Å². The van der Waals surface area contributed by atoms with Gasteiger partial charge in [-0.25, -0.2) is 5.73 Å². The van der Waals surface area contributed by atoms with Crippen LogP contribution in [0, 0.1) is 28.6 Å². The topological polar surface area (TPSA) is 70.0 Å². The first-order valence-corrected chi connectivity index (χ1v) is 9.20. The maximum absolute atomic E-state index is 10.5. The number of fused-ring (bicyclic) bond motifs is 5. The van der Waals surface area contributed by atoms with Crippen LogP contribution in [-0.2, 0) is 0 Å². The third kappa shape index (κ3) is 1.91. The number of rotatable bonds is 0. The minimum Gasteiger partial charge on any atom is -0.393 e. The fraction of sp³-hybridized carbons (Fsp3) is 0.895. The Hall–Kier alpha value is -0.380. The van der Waals surface area contributed by atoms with E-state index >= 15 is 0 Å². The molecule has 123 valence electrons. The van der Waals surface area contributed by atoms with Gasteiger partial charge < -0.3 is 10.8 Å². The number of aliphatic hydroxyl groups excluding tert-OH is 1. The molecule has 0 bridgehead atoms. The Morgan fingerprint density at radius 3 is 2.64 bits per heavy atom. The van der Waals surface area contributed by atoms with E-state index in [9.17, 15) is 5.11 Å². The lowest BCUT2D eigenvalue weighted by molar-refractivity contribution is -0.0751. The van der Waals surface area contributed by atoms with E-state index in [4.69, 9.17) is 11.5 Å². The van der Waals surface area contributed by atoms with Gasteiger partial charge in [0.1, 0.15) is 0 Å². The summed E-state index contributed by atoms with van der Waals surface area (Å²) in [6.07, 6.45) is 10.9. The number of nitrogens with two attached hydrogens (primary N) is 1. The molecule has 4 aliphatic carbocycles. The van der Waals surface area contributed by atoms with Crippen molar-refractivity contribution in [3.05, 3.63) is 11.6 Å². The van der Waals surface area contributed by atoms with Gasteiger partial charge in [0.15, 0.2) is 0 Å². The Bertz CT molecular complexity index is 514. The Balaban J connectivity index is 1.68. The molecule has 3 saturated carbocycles. The predicted molar refractivity (Wildman–Crippen MR) is 87.7 cm³/mol. The van der Waals surface area contributed by atoms with Crippen LogP contribution in [-0.4, -0.2) is 16.9 Å². The van der Waals surface area contributed by atoms with E-state index in [-0.39, 0.29) is 16.9 Å². The smallest absolute Gasteiger partial charge is 0.0984 e. The van der Waals surface area contributed by atoms with Crippen LogP contribution in [0.1, 0.15) is 65.2 Å². The summed E-state index contributed by atoms with van der Waals surface area (Å²) in [6, 6.07) is 0. The minimum absolute atomic E-state index is 0.0838. The van der Waals surface area contributed by atoms with E-state index in [0.29, 0.717) is 5.92 Å². The number of hydrogen-bond donors (Lipinski definition) is 2. The molecule has 0 aliphatic heterocycles. The highest BCUT2D eigenvalue weighted by Crippen LogP contribution is 2.65. The molecule has 3 fully saturated rings.